The zero-order chi connectivity index (χ0) is 26.6. The molecule has 7 heteroatoms. The second kappa shape index (κ2) is 11.2. The maximum absolute atomic E-state index is 13.2. The van der Waals surface area contributed by atoms with Crippen LogP contribution in [0.4, 0.5) is 11.4 Å². The standard InChI is InChI=1S/C30H30N2O3S2/c1-20-14-21(2)16-26(15-20)32-37(34,35)29-18-25(12-10-22(29)3)30(33)31-28-13-11-24(17-23(28)4)19-36-27-8-6-5-7-9-27/h5-18,32H,19H2,1-4H3,(H,31,33). The molecule has 4 rings (SSSR count). The Labute approximate surface area is 223 Å². The van der Waals surface area contributed by atoms with Crippen LogP contribution in [0.25, 0.3) is 0 Å². The summed E-state index contributed by atoms with van der Waals surface area (Å²) in [4.78, 5) is 14.3. The Morgan fingerprint density at radius 3 is 2.16 bits per heavy atom. The predicted molar refractivity (Wildman–Crippen MR) is 153 cm³/mol. The minimum atomic E-state index is -3.88. The second-order valence-corrected chi connectivity index (χ2v) is 11.9. The second-order valence-electron chi connectivity index (χ2n) is 9.17. The number of sulfonamides is 1. The molecule has 37 heavy (non-hydrogen) atoms. The third-order valence-corrected chi connectivity index (χ3v) is 8.51. The molecule has 4 aromatic rings. The highest BCUT2D eigenvalue weighted by Crippen LogP contribution is 2.26. The molecule has 0 aliphatic rings. The van der Waals surface area contributed by atoms with E-state index < -0.39 is 10.0 Å². The van der Waals surface area contributed by atoms with Crippen molar-refractivity contribution in [2.75, 3.05) is 10.0 Å². The van der Waals surface area contributed by atoms with Crippen molar-refractivity contribution in [3.8, 4) is 0 Å². The molecule has 5 nitrogen and oxygen atoms in total. The van der Waals surface area contributed by atoms with Gasteiger partial charge in [0.1, 0.15) is 0 Å². The number of carbonyl (C=O) groups excluding carboxylic acids is 1. The van der Waals surface area contributed by atoms with E-state index in [9.17, 15) is 13.2 Å². The molecule has 0 radical (unpaired) electrons. The number of nitrogens with one attached hydrogen (secondary N) is 2. The topological polar surface area (TPSA) is 75.3 Å². The summed E-state index contributed by atoms with van der Waals surface area (Å²) in [6, 6.07) is 26.4. The number of thioether (sulfide) groups is 1. The van der Waals surface area contributed by atoms with Gasteiger partial charge in [0.15, 0.2) is 0 Å². The van der Waals surface area contributed by atoms with E-state index in [0.29, 0.717) is 16.9 Å². The molecule has 0 saturated carbocycles. The van der Waals surface area contributed by atoms with Gasteiger partial charge in [0, 0.05) is 27.6 Å². The lowest BCUT2D eigenvalue weighted by Gasteiger charge is -2.14. The lowest BCUT2D eigenvalue weighted by molar-refractivity contribution is 0.102. The molecule has 0 bridgehead atoms. The lowest BCUT2D eigenvalue weighted by Crippen LogP contribution is -2.17. The molecule has 1 amide bonds. The third kappa shape index (κ3) is 6.81. The number of rotatable bonds is 8. The van der Waals surface area contributed by atoms with Gasteiger partial charge < -0.3 is 5.32 Å². The van der Waals surface area contributed by atoms with Crippen LogP contribution in [0.2, 0.25) is 0 Å². The fraction of sp³-hybridized carbons (Fsp3) is 0.167. The van der Waals surface area contributed by atoms with Gasteiger partial charge in [-0.3, -0.25) is 9.52 Å². The van der Waals surface area contributed by atoms with E-state index >= 15 is 0 Å². The Morgan fingerprint density at radius 2 is 1.49 bits per heavy atom. The van der Waals surface area contributed by atoms with Crippen molar-refractivity contribution < 1.29 is 13.2 Å². The molecule has 0 spiro atoms. The van der Waals surface area contributed by atoms with Crippen molar-refractivity contribution in [3.05, 3.63) is 118 Å². The summed E-state index contributed by atoms with van der Waals surface area (Å²) in [5.74, 6) is 0.462. The van der Waals surface area contributed by atoms with E-state index in [1.807, 2.05) is 57.2 Å². The fourth-order valence-corrected chi connectivity index (χ4v) is 6.28. The average molecular weight is 531 g/mol. The molecule has 0 saturated heterocycles. The van der Waals surface area contributed by atoms with Gasteiger partial charge in [0.25, 0.3) is 15.9 Å². The molecule has 0 heterocycles. The summed E-state index contributed by atoms with van der Waals surface area (Å²) in [6.07, 6.45) is 0. The van der Waals surface area contributed by atoms with Crippen LogP contribution in [-0.2, 0) is 15.8 Å². The number of aryl methyl sites for hydroxylation is 4. The number of hydrogen-bond acceptors (Lipinski definition) is 4. The van der Waals surface area contributed by atoms with Crippen LogP contribution in [0.3, 0.4) is 0 Å². The quantitative estimate of drug-likeness (QED) is 0.235. The van der Waals surface area contributed by atoms with Gasteiger partial charge in [0.2, 0.25) is 0 Å². The van der Waals surface area contributed by atoms with E-state index in [0.717, 1.165) is 28.0 Å². The van der Waals surface area contributed by atoms with Crippen LogP contribution in [0, 0.1) is 27.7 Å². The lowest BCUT2D eigenvalue weighted by atomic mass is 10.1. The Kier molecular flexibility index (Phi) is 8.05. The van der Waals surface area contributed by atoms with Crippen LogP contribution < -0.4 is 10.0 Å². The smallest absolute Gasteiger partial charge is 0.262 e. The normalized spacial score (nSPS) is 11.2. The molecule has 0 fully saturated rings. The summed E-state index contributed by atoms with van der Waals surface area (Å²) in [7, 11) is -3.88. The first-order valence-electron chi connectivity index (χ1n) is 11.9. The number of anilines is 2. The van der Waals surface area contributed by atoms with E-state index in [1.165, 1.54) is 11.0 Å². The van der Waals surface area contributed by atoms with Gasteiger partial charge in [0.05, 0.1) is 4.90 Å². The van der Waals surface area contributed by atoms with E-state index in [1.54, 1.807) is 43.0 Å². The highest BCUT2D eigenvalue weighted by Gasteiger charge is 2.20. The first kappa shape index (κ1) is 26.5. The number of amides is 1. The average Bonchev–Trinajstić information content (AvgIpc) is 2.84. The van der Waals surface area contributed by atoms with Crippen LogP contribution in [0.15, 0.2) is 94.7 Å². The molecule has 0 aromatic heterocycles. The monoisotopic (exact) mass is 530 g/mol. The van der Waals surface area contributed by atoms with E-state index in [4.69, 9.17) is 0 Å². The van der Waals surface area contributed by atoms with Gasteiger partial charge in [-0.15, -0.1) is 11.8 Å². The van der Waals surface area contributed by atoms with Gasteiger partial charge in [-0.25, -0.2) is 8.42 Å². The molecule has 190 valence electrons. The Hall–Kier alpha value is -3.55. The maximum atomic E-state index is 13.2. The van der Waals surface area contributed by atoms with Gasteiger partial charge in [-0.05, 0) is 98.0 Å². The zero-order valence-electron chi connectivity index (χ0n) is 21.3. The number of carbonyl (C=O) groups is 1. The zero-order valence-corrected chi connectivity index (χ0v) is 23.0. The third-order valence-electron chi connectivity index (χ3n) is 5.90. The summed E-state index contributed by atoms with van der Waals surface area (Å²) in [6.45, 7) is 7.49. The van der Waals surface area contributed by atoms with Crippen molar-refractivity contribution in [3.63, 3.8) is 0 Å². The number of hydrogen-bond donors (Lipinski definition) is 2. The maximum Gasteiger partial charge on any atom is 0.262 e. The minimum Gasteiger partial charge on any atom is -0.322 e. The molecule has 0 atom stereocenters. The molecule has 0 aliphatic heterocycles. The van der Waals surface area contributed by atoms with Crippen LogP contribution in [-0.4, -0.2) is 14.3 Å². The van der Waals surface area contributed by atoms with Crippen LogP contribution in [0.1, 0.15) is 38.2 Å². The molecule has 0 unspecified atom stereocenters. The first-order chi connectivity index (χ1) is 17.6. The summed E-state index contributed by atoms with van der Waals surface area (Å²) in [5, 5.41) is 2.93. The Balaban J connectivity index is 1.49. The highest BCUT2D eigenvalue weighted by molar-refractivity contribution is 7.98. The largest absolute Gasteiger partial charge is 0.322 e. The Bertz CT molecular complexity index is 1530. The SMILES string of the molecule is Cc1cc(C)cc(NS(=O)(=O)c2cc(C(=O)Nc3ccc(CSc4ccccc4)cc3C)ccc2C)c1. The van der Waals surface area contributed by atoms with Crippen molar-refractivity contribution in [2.24, 2.45) is 0 Å². The summed E-state index contributed by atoms with van der Waals surface area (Å²) >= 11 is 1.76. The Morgan fingerprint density at radius 1 is 0.784 bits per heavy atom. The minimum absolute atomic E-state index is 0.0734. The molecule has 0 aliphatic carbocycles. The summed E-state index contributed by atoms with van der Waals surface area (Å²) in [5.41, 5.74) is 6.04. The van der Waals surface area contributed by atoms with Gasteiger partial charge in [-0.1, -0.05) is 42.5 Å². The van der Waals surface area contributed by atoms with Crippen molar-refractivity contribution in [2.45, 2.75) is 43.2 Å². The van der Waals surface area contributed by atoms with E-state index in [2.05, 4.69) is 28.2 Å². The van der Waals surface area contributed by atoms with Gasteiger partial charge in [-0.2, -0.15) is 0 Å². The molecular weight excluding hydrogens is 500 g/mol. The molecule has 4 aromatic carbocycles. The van der Waals surface area contributed by atoms with E-state index in [-0.39, 0.29) is 16.4 Å². The van der Waals surface area contributed by atoms with Crippen LogP contribution >= 0.6 is 11.8 Å². The molecule has 2 N–H and O–H groups in total. The van der Waals surface area contributed by atoms with Crippen molar-refractivity contribution >= 4 is 39.1 Å². The predicted octanol–water partition coefficient (Wildman–Crippen LogP) is 7.27. The van der Waals surface area contributed by atoms with Crippen molar-refractivity contribution in [1.82, 2.24) is 0 Å². The molecular formula is C30H30N2O3S2. The summed E-state index contributed by atoms with van der Waals surface area (Å²) < 4.78 is 29.0. The highest BCUT2D eigenvalue weighted by atomic mass is 32.2. The van der Waals surface area contributed by atoms with Gasteiger partial charge >= 0.3 is 0 Å². The van der Waals surface area contributed by atoms with Crippen LogP contribution in [0.5, 0.6) is 0 Å². The fourth-order valence-electron chi connectivity index (χ4n) is 4.11. The first-order valence-corrected chi connectivity index (χ1v) is 14.4. The number of benzene rings is 4. The van der Waals surface area contributed by atoms with Crippen molar-refractivity contribution in [1.29, 1.82) is 0 Å².